The second-order valence-electron chi connectivity index (χ2n) is 3.99. The molecule has 0 aliphatic rings. The van der Waals surface area contributed by atoms with Crippen LogP contribution in [0, 0.1) is 13.8 Å². The SMILES string of the molecule is Cc1nn(C)c(C)c1Cn1cncc1CN. The van der Waals surface area contributed by atoms with Gasteiger partial charge in [0.15, 0.2) is 0 Å². The van der Waals surface area contributed by atoms with E-state index in [0.717, 1.165) is 17.9 Å². The average molecular weight is 219 g/mol. The summed E-state index contributed by atoms with van der Waals surface area (Å²) in [6, 6.07) is 0. The first kappa shape index (κ1) is 10.9. The summed E-state index contributed by atoms with van der Waals surface area (Å²) >= 11 is 0. The first-order chi connectivity index (χ1) is 7.63. The molecule has 2 aromatic heterocycles. The Bertz CT molecular complexity index is 494. The maximum atomic E-state index is 5.65. The van der Waals surface area contributed by atoms with E-state index in [4.69, 9.17) is 5.73 Å². The highest BCUT2D eigenvalue weighted by atomic mass is 15.3. The van der Waals surface area contributed by atoms with Crippen molar-refractivity contribution in [1.29, 1.82) is 0 Å². The summed E-state index contributed by atoms with van der Waals surface area (Å²) in [5.74, 6) is 0. The maximum absolute atomic E-state index is 5.65. The van der Waals surface area contributed by atoms with E-state index < -0.39 is 0 Å². The first-order valence-electron chi connectivity index (χ1n) is 5.31. The summed E-state index contributed by atoms with van der Waals surface area (Å²) in [6.45, 7) is 5.41. The molecule has 0 fully saturated rings. The third-order valence-corrected chi connectivity index (χ3v) is 2.99. The van der Waals surface area contributed by atoms with E-state index in [-0.39, 0.29) is 0 Å². The summed E-state index contributed by atoms with van der Waals surface area (Å²) in [6.07, 6.45) is 3.62. The second-order valence-corrected chi connectivity index (χ2v) is 3.99. The van der Waals surface area contributed by atoms with Gasteiger partial charge >= 0.3 is 0 Å². The molecule has 0 aliphatic carbocycles. The second kappa shape index (κ2) is 4.09. The molecule has 2 aromatic rings. The minimum absolute atomic E-state index is 0.512. The Hall–Kier alpha value is -1.62. The van der Waals surface area contributed by atoms with E-state index in [9.17, 15) is 0 Å². The predicted molar refractivity (Wildman–Crippen MR) is 61.9 cm³/mol. The highest BCUT2D eigenvalue weighted by Crippen LogP contribution is 2.14. The fraction of sp³-hybridized carbons (Fsp3) is 0.455. The van der Waals surface area contributed by atoms with Crippen molar-refractivity contribution in [3.05, 3.63) is 35.2 Å². The summed E-state index contributed by atoms with van der Waals surface area (Å²) < 4.78 is 3.97. The third-order valence-electron chi connectivity index (χ3n) is 2.99. The van der Waals surface area contributed by atoms with Gasteiger partial charge in [0.2, 0.25) is 0 Å². The van der Waals surface area contributed by atoms with Crippen molar-refractivity contribution in [3.8, 4) is 0 Å². The molecule has 0 amide bonds. The molecule has 0 aromatic carbocycles. The van der Waals surface area contributed by atoms with Gasteiger partial charge in [-0.1, -0.05) is 0 Å². The Kier molecular flexibility index (Phi) is 2.78. The van der Waals surface area contributed by atoms with Crippen molar-refractivity contribution in [2.75, 3.05) is 0 Å². The molecule has 0 atom stereocenters. The standard InChI is InChI=1S/C11H17N5/c1-8-11(9(2)15(3)14-8)6-16-7-13-5-10(16)4-12/h5,7H,4,6,12H2,1-3H3. The van der Waals surface area contributed by atoms with Crippen LogP contribution in [0.5, 0.6) is 0 Å². The minimum atomic E-state index is 0.512. The van der Waals surface area contributed by atoms with Gasteiger partial charge in [-0.05, 0) is 13.8 Å². The minimum Gasteiger partial charge on any atom is -0.329 e. The van der Waals surface area contributed by atoms with Gasteiger partial charge in [-0.25, -0.2) is 4.98 Å². The molecule has 0 radical (unpaired) electrons. The topological polar surface area (TPSA) is 61.7 Å². The zero-order chi connectivity index (χ0) is 11.7. The van der Waals surface area contributed by atoms with Crippen LogP contribution >= 0.6 is 0 Å². The molecule has 2 rings (SSSR count). The Morgan fingerprint density at radius 1 is 1.38 bits per heavy atom. The lowest BCUT2D eigenvalue weighted by Gasteiger charge is -2.07. The van der Waals surface area contributed by atoms with E-state index >= 15 is 0 Å². The van der Waals surface area contributed by atoms with Gasteiger partial charge in [0.25, 0.3) is 0 Å². The predicted octanol–water partition coefficient (Wildman–Crippen LogP) is 0.740. The highest BCUT2D eigenvalue weighted by Gasteiger charge is 2.10. The molecule has 16 heavy (non-hydrogen) atoms. The van der Waals surface area contributed by atoms with Gasteiger partial charge < -0.3 is 10.3 Å². The number of aryl methyl sites for hydroxylation is 2. The van der Waals surface area contributed by atoms with Crippen molar-refractivity contribution in [1.82, 2.24) is 19.3 Å². The number of imidazole rings is 1. The van der Waals surface area contributed by atoms with Crippen LogP contribution in [0.4, 0.5) is 0 Å². The molecule has 0 saturated carbocycles. The summed E-state index contributed by atoms with van der Waals surface area (Å²) in [5, 5.41) is 4.40. The van der Waals surface area contributed by atoms with Gasteiger partial charge in [0.1, 0.15) is 0 Å². The quantitative estimate of drug-likeness (QED) is 0.828. The molecule has 86 valence electrons. The molecule has 0 aliphatic heterocycles. The maximum Gasteiger partial charge on any atom is 0.0951 e. The molecule has 0 unspecified atom stereocenters. The molecule has 2 heterocycles. The number of rotatable bonds is 3. The van der Waals surface area contributed by atoms with Crippen molar-refractivity contribution in [3.63, 3.8) is 0 Å². The Balaban J connectivity index is 2.34. The zero-order valence-electron chi connectivity index (χ0n) is 9.94. The van der Waals surface area contributed by atoms with E-state index in [1.807, 2.05) is 25.0 Å². The molecule has 5 heteroatoms. The van der Waals surface area contributed by atoms with Gasteiger partial charge in [0.05, 0.1) is 24.3 Å². The van der Waals surface area contributed by atoms with Crippen LogP contribution in [0.25, 0.3) is 0 Å². The van der Waals surface area contributed by atoms with Crippen LogP contribution in [0.2, 0.25) is 0 Å². The third kappa shape index (κ3) is 1.74. The molecule has 0 saturated heterocycles. The summed E-state index contributed by atoms with van der Waals surface area (Å²) in [7, 11) is 1.96. The smallest absolute Gasteiger partial charge is 0.0951 e. The Morgan fingerprint density at radius 2 is 2.12 bits per heavy atom. The van der Waals surface area contributed by atoms with Crippen molar-refractivity contribution in [2.45, 2.75) is 26.9 Å². The molecule has 2 N–H and O–H groups in total. The van der Waals surface area contributed by atoms with Crippen molar-refractivity contribution < 1.29 is 0 Å². The van der Waals surface area contributed by atoms with Crippen LogP contribution in [-0.4, -0.2) is 19.3 Å². The number of nitrogens with two attached hydrogens (primary N) is 1. The van der Waals surface area contributed by atoms with E-state index in [0.29, 0.717) is 6.54 Å². The number of aromatic nitrogens is 4. The number of hydrogen-bond donors (Lipinski definition) is 1. The number of hydrogen-bond acceptors (Lipinski definition) is 3. The molecule has 0 bridgehead atoms. The summed E-state index contributed by atoms with van der Waals surface area (Å²) in [5.41, 5.74) is 10.2. The van der Waals surface area contributed by atoms with E-state index in [1.165, 1.54) is 11.3 Å². The monoisotopic (exact) mass is 219 g/mol. The molecular weight excluding hydrogens is 202 g/mol. The Labute approximate surface area is 94.9 Å². The van der Waals surface area contributed by atoms with Gasteiger partial charge in [0, 0.05) is 31.0 Å². The Morgan fingerprint density at radius 3 is 2.69 bits per heavy atom. The lowest BCUT2D eigenvalue weighted by atomic mass is 10.2. The van der Waals surface area contributed by atoms with Crippen LogP contribution in [-0.2, 0) is 20.1 Å². The highest BCUT2D eigenvalue weighted by molar-refractivity contribution is 5.25. The van der Waals surface area contributed by atoms with Crippen LogP contribution < -0.4 is 5.73 Å². The summed E-state index contributed by atoms with van der Waals surface area (Å²) in [4.78, 5) is 4.11. The largest absolute Gasteiger partial charge is 0.329 e. The molecule has 5 nitrogen and oxygen atoms in total. The molecule has 0 spiro atoms. The lowest BCUT2D eigenvalue weighted by Crippen LogP contribution is -2.08. The van der Waals surface area contributed by atoms with Gasteiger partial charge in [-0.2, -0.15) is 5.10 Å². The lowest BCUT2D eigenvalue weighted by molar-refractivity contribution is 0.717. The van der Waals surface area contributed by atoms with Gasteiger partial charge in [-0.15, -0.1) is 0 Å². The fourth-order valence-electron chi connectivity index (χ4n) is 1.88. The van der Waals surface area contributed by atoms with E-state index in [1.54, 1.807) is 6.20 Å². The first-order valence-corrected chi connectivity index (χ1v) is 5.31. The normalized spacial score (nSPS) is 11.0. The van der Waals surface area contributed by atoms with Crippen LogP contribution in [0.3, 0.4) is 0 Å². The fourth-order valence-corrected chi connectivity index (χ4v) is 1.88. The van der Waals surface area contributed by atoms with Crippen LogP contribution in [0.1, 0.15) is 22.6 Å². The zero-order valence-corrected chi connectivity index (χ0v) is 9.94. The van der Waals surface area contributed by atoms with Gasteiger partial charge in [-0.3, -0.25) is 4.68 Å². The van der Waals surface area contributed by atoms with E-state index in [2.05, 4.69) is 21.6 Å². The number of nitrogens with zero attached hydrogens (tertiary/aromatic N) is 4. The average Bonchev–Trinajstić information content (AvgIpc) is 2.79. The molecular formula is C11H17N5. The van der Waals surface area contributed by atoms with Crippen molar-refractivity contribution >= 4 is 0 Å². The van der Waals surface area contributed by atoms with Crippen LogP contribution in [0.15, 0.2) is 12.5 Å². The van der Waals surface area contributed by atoms with Crippen molar-refractivity contribution in [2.24, 2.45) is 12.8 Å².